The summed E-state index contributed by atoms with van der Waals surface area (Å²) in [5.41, 5.74) is 13.2. The van der Waals surface area contributed by atoms with E-state index in [1.165, 1.54) is 47.6 Å². The molecule has 0 fully saturated rings. The number of sulfone groups is 1. The second kappa shape index (κ2) is 27.0. The number of rotatable bonds is 13. The van der Waals surface area contributed by atoms with Gasteiger partial charge in [0, 0.05) is 16.3 Å². The lowest BCUT2D eigenvalue weighted by Gasteiger charge is -2.07. The highest BCUT2D eigenvalue weighted by atomic mass is 79.9. The smallest absolute Gasteiger partial charge is 0.217 e. The Morgan fingerprint density at radius 1 is 0.586 bits per heavy atom. The van der Waals surface area contributed by atoms with Crippen LogP contribution in [0.1, 0.15) is 104 Å². The Kier molecular flexibility index (Phi) is 24.2. The summed E-state index contributed by atoms with van der Waals surface area (Å²) in [5, 5.41) is 3.04. The first kappa shape index (κ1) is 52.1. The fourth-order valence-electron chi connectivity index (χ4n) is 5.34. The molecule has 3 heterocycles. The van der Waals surface area contributed by atoms with Crippen LogP contribution in [0.4, 0.5) is 0 Å². The third-order valence-electron chi connectivity index (χ3n) is 8.70. The molecule has 0 aliphatic carbocycles. The van der Waals surface area contributed by atoms with Crippen LogP contribution in [0, 0.1) is 0 Å². The van der Waals surface area contributed by atoms with Gasteiger partial charge < -0.3 is 5.73 Å². The third-order valence-corrected chi connectivity index (χ3v) is 16.0. The molecule has 316 valence electrons. The molecule has 6 rings (SSSR count). The van der Waals surface area contributed by atoms with Gasteiger partial charge in [-0.2, -0.15) is 0 Å². The minimum Gasteiger partial charge on any atom is -0.325 e. The van der Waals surface area contributed by atoms with E-state index < -0.39 is 9.84 Å². The lowest BCUT2D eigenvalue weighted by molar-refractivity contribution is 0.597. The molecule has 0 saturated carbocycles. The van der Waals surface area contributed by atoms with E-state index >= 15 is 0 Å². The molecule has 6 aromatic rings. The molecule has 3 aromatic heterocycles. The minimum atomic E-state index is -3.49. The molecule has 3 aromatic carbocycles. The summed E-state index contributed by atoms with van der Waals surface area (Å²) < 4.78 is 27.9. The van der Waals surface area contributed by atoms with Crippen LogP contribution in [0.15, 0.2) is 100 Å². The zero-order valence-corrected chi connectivity index (χ0v) is 42.2. The van der Waals surface area contributed by atoms with E-state index in [1.807, 2.05) is 38.0 Å². The highest BCUT2D eigenvalue weighted by Crippen LogP contribution is 2.34. The number of aryl methyl sites for hydroxylation is 8. The van der Waals surface area contributed by atoms with E-state index in [0.29, 0.717) is 9.90 Å². The Bertz CT molecular complexity index is 2170. The second-order valence-corrected chi connectivity index (χ2v) is 21.6. The van der Waals surface area contributed by atoms with Gasteiger partial charge in [-0.1, -0.05) is 85.4 Å². The minimum absolute atomic E-state index is 0. The van der Waals surface area contributed by atoms with Crippen molar-refractivity contribution in [1.29, 1.82) is 0 Å². The van der Waals surface area contributed by atoms with Gasteiger partial charge in [0.1, 0.15) is 9.22 Å². The van der Waals surface area contributed by atoms with Crippen molar-refractivity contribution >= 4 is 96.6 Å². The van der Waals surface area contributed by atoms with Crippen LogP contribution in [0.25, 0.3) is 0 Å². The molecular weight excluding hydrogens is 924 g/mol. The van der Waals surface area contributed by atoms with Gasteiger partial charge in [-0.15, -0.1) is 59.0 Å². The number of nitrogens with two attached hydrogens (primary N) is 1. The molecule has 2 N–H and O–H groups in total. The van der Waals surface area contributed by atoms with Gasteiger partial charge in [0.2, 0.25) is 9.84 Å². The maximum absolute atomic E-state index is 12.6. The lowest BCUT2D eigenvalue weighted by atomic mass is 10.1. The lowest BCUT2D eigenvalue weighted by Crippen LogP contribution is -2.02. The standard InChI is InChI=1S/C15H19NS2.C14H18N2O2S2.C10H14S.C5H6BrNS.ClH/c1-4-11-7-12(5-2)9-13(8-11)17-15-10-16-14(6-3)18-15;1-3-10-5-11(4-2)7-12(6-10)20(17,18)14-9-16-13(8-15)19-14;1-3-8-5-9(4-2)7-10(11)6-8;1-2-5-7-3-4(6)8-5;/h7-10H,4-6H2,1-3H3;5-7,9H,3-4,8,15H2,1-2H3;5-7,11H,3-4H2,1-2H3;3H,2H2,1H3;1H. The Balaban J connectivity index is 0.000000280. The van der Waals surface area contributed by atoms with E-state index in [1.54, 1.807) is 34.8 Å². The van der Waals surface area contributed by atoms with Crippen molar-refractivity contribution in [2.45, 2.75) is 136 Å². The van der Waals surface area contributed by atoms with Crippen molar-refractivity contribution < 1.29 is 8.42 Å². The second-order valence-electron chi connectivity index (χ2n) is 12.8. The number of halogens is 2. The molecule has 0 aliphatic rings. The van der Waals surface area contributed by atoms with E-state index in [9.17, 15) is 8.42 Å². The molecule has 6 nitrogen and oxygen atoms in total. The average molecular weight is 983 g/mol. The first-order valence-electron chi connectivity index (χ1n) is 19.5. The summed E-state index contributed by atoms with van der Waals surface area (Å²) in [6.45, 7) is 17.3. The van der Waals surface area contributed by atoms with Gasteiger partial charge in [0.25, 0.3) is 0 Å². The van der Waals surface area contributed by atoms with Crippen molar-refractivity contribution in [3.8, 4) is 0 Å². The van der Waals surface area contributed by atoms with Gasteiger partial charge in [-0.3, -0.25) is 0 Å². The predicted molar refractivity (Wildman–Crippen MR) is 260 cm³/mol. The summed E-state index contributed by atoms with van der Waals surface area (Å²) in [7, 11) is -3.49. The fraction of sp³-hybridized carbons (Fsp3) is 0.386. The Morgan fingerprint density at radius 2 is 1.02 bits per heavy atom. The Hall–Kier alpha value is -2.07. The highest BCUT2D eigenvalue weighted by molar-refractivity contribution is 9.11. The summed E-state index contributed by atoms with van der Waals surface area (Å²) in [5.74, 6) is 0. The topological polar surface area (TPSA) is 98.8 Å². The predicted octanol–water partition coefficient (Wildman–Crippen LogP) is 13.5. The molecule has 14 heteroatoms. The van der Waals surface area contributed by atoms with Crippen molar-refractivity contribution in [2.75, 3.05) is 0 Å². The summed E-state index contributed by atoms with van der Waals surface area (Å²) >= 11 is 14.1. The number of aromatic nitrogens is 3. The molecule has 0 saturated heterocycles. The van der Waals surface area contributed by atoms with Gasteiger partial charge >= 0.3 is 0 Å². The van der Waals surface area contributed by atoms with Crippen molar-refractivity contribution in [3.05, 3.63) is 125 Å². The molecule has 0 unspecified atom stereocenters. The Morgan fingerprint density at radius 3 is 1.40 bits per heavy atom. The number of benzene rings is 3. The van der Waals surface area contributed by atoms with E-state index in [0.717, 1.165) is 82.5 Å². The summed E-state index contributed by atoms with van der Waals surface area (Å²) in [4.78, 5) is 15.3. The van der Waals surface area contributed by atoms with Crippen LogP contribution < -0.4 is 5.73 Å². The van der Waals surface area contributed by atoms with Gasteiger partial charge in [-0.05, 0) is 137 Å². The molecule has 0 bridgehead atoms. The zero-order chi connectivity index (χ0) is 42.0. The van der Waals surface area contributed by atoms with Crippen LogP contribution in [-0.4, -0.2) is 23.4 Å². The largest absolute Gasteiger partial charge is 0.325 e. The van der Waals surface area contributed by atoms with Gasteiger partial charge in [0.05, 0.1) is 41.5 Å². The van der Waals surface area contributed by atoms with Crippen molar-refractivity contribution in [1.82, 2.24) is 15.0 Å². The van der Waals surface area contributed by atoms with Crippen molar-refractivity contribution in [2.24, 2.45) is 5.73 Å². The molecule has 0 atom stereocenters. The SMILES string of the molecule is CCc1cc(CC)cc(S(=O)(=O)c2cnc(CN)s2)c1.CCc1cc(CC)cc(Sc2cnc(CC)s2)c1.CCc1cc(S)cc(CC)c1.CCc1ncc(Br)s1.Cl. The number of thiol groups is 1. The van der Waals surface area contributed by atoms with Crippen molar-refractivity contribution in [3.63, 3.8) is 0 Å². The number of nitrogens with zero attached hydrogens (tertiary/aromatic N) is 3. The van der Waals surface area contributed by atoms with Crippen LogP contribution in [-0.2, 0) is 67.7 Å². The van der Waals surface area contributed by atoms with Crippen LogP contribution in [0.3, 0.4) is 0 Å². The fourth-order valence-corrected chi connectivity index (χ4v) is 11.6. The molecule has 58 heavy (non-hydrogen) atoms. The van der Waals surface area contributed by atoms with E-state index in [2.05, 4.69) is 128 Å². The van der Waals surface area contributed by atoms with Crippen LogP contribution >= 0.6 is 86.7 Å². The first-order valence-corrected chi connectivity index (χ1v) is 25.5. The highest BCUT2D eigenvalue weighted by Gasteiger charge is 2.21. The summed E-state index contributed by atoms with van der Waals surface area (Å²) in [6, 6.07) is 19.0. The van der Waals surface area contributed by atoms with Gasteiger partial charge in [-0.25, -0.2) is 23.4 Å². The molecule has 0 radical (unpaired) electrons. The van der Waals surface area contributed by atoms with Gasteiger partial charge in [0.15, 0.2) is 0 Å². The number of hydrogen-bond donors (Lipinski definition) is 2. The molecule has 0 amide bonds. The maximum Gasteiger partial charge on any atom is 0.217 e. The van der Waals surface area contributed by atoms with Crippen LogP contribution in [0.5, 0.6) is 0 Å². The molecule has 0 aliphatic heterocycles. The average Bonchev–Trinajstić information content (AvgIpc) is 4.02. The normalized spacial score (nSPS) is 10.7. The zero-order valence-electron chi connectivity index (χ0n) is 34.8. The number of thiazole rings is 3. The number of hydrogen-bond acceptors (Lipinski definition) is 11. The third kappa shape index (κ3) is 16.8. The maximum atomic E-state index is 12.6. The summed E-state index contributed by atoms with van der Waals surface area (Å²) in [6.07, 6.45) is 13.3. The monoisotopic (exact) mass is 980 g/mol. The van der Waals surface area contributed by atoms with Crippen LogP contribution in [0.2, 0.25) is 0 Å². The van der Waals surface area contributed by atoms with E-state index in [-0.39, 0.29) is 23.2 Å². The Labute approximate surface area is 384 Å². The molecular formula is C44H58BrClN4O2S6. The first-order chi connectivity index (χ1) is 27.3. The quantitative estimate of drug-likeness (QED) is 0.111. The molecule has 0 spiro atoms. The van der Waals surface area contributed by atoms with E-state index in [4.69, 9.17) is 5.73 Å².